The Morgan fingerprint density at radius 2 is 1.81 bits per heavy atom. The number of hydrogen-bond acceptors (Lipinski definition) is 2. The first-order valence-corrected chi connectivity index (χ1v) is 7.01. The molecule has 0 atom stereocenters. The largest absolute Gasteiger partial charge is 0.457 e. The zero-order valence-corrected chi connectivity index (χ0v) is 13.0. The van der Waals surface area contributed by atoms with Gasteiger partial charge in [-0.3, -0.25) is 5.41 Å². The maximum Gasteiger partial charge on any atom is 0.138 e. The lowest BCUT2D eigenvalue weighted by Gasteiger charge is -2.20. The van der Waals surface area contributed by atoms with Gasteiger partial charge in [-0.25, -0.2) is 0 Å². The lowest BCUT2D eigenvalue weighted by molar-refractivity contribution is 0.477. The van der Waals surface area contributed by atoms with E-state index in [0.29, 0.717) is 11.3 Å². The van der Waals surface area contributed by atoms with E-state index in [-0.39, 0.29) is 11.3 Å². The highest BCUT2D eigenvalue weighted by Gasteiger charge is 2.15. The maximum absolute atomic E-state index is 7.68. The van der Waals surface area contributed by atoms with Gasteiger partial charge in [0.2, 0.25) is 0 Å². The van der Waals surface area contributed by atoms with Crippen molar-refractivity contribution in [1.29, 1.82) is 5.41 Å². The molecule has 21 heavy (non-hydrogen) atoms. The number of benzene rings is 2. The van der Waals surface area contributed by atoms with Crippen molar-refractivity contribution in [3.05, 3.63) is 59.2 Å². The van der Waals surface area contributed by atoms with Gasteiger partial charge in [-0.05, 0) is 42.2 Å². The molecule has 0 radical (unpaired) electrons. The third-order valence-corrected chi connectivity index (χ3v) is 3.35. The summed E-state index contributed by atoms with van der Waals surface area (Å²) in [5.41, 5.74) is 8.58. The van der Waals surface area contributed by atoms with Crippen LogP contribution in [0.25, 0.3) is 0 Å². The van der Waals surface area contributed by atoms with Crippen molar-refractivity contribution in [2.24, 2.45) is 5.73 Å². The van der Waals surface area contributed by atoms with Gasteiger partial charge in [0.25, 0.3) is 0 Å². The van der Waals surface area contributed by atoms with Crippen LogP contribution in [0.2, 0.25) is 0 Å². The number of hydrogen-bond donors (Lipinski definition) is 2. The Bertz CT molecular complexity index is 669. The van der Waals surface area contributed by atoms with E-state index in [2.05, 4.69) is 26.8 Å². The molecule has 0 aliphatic rings. The third kappa shape index (κ3) is 3.63. The van der Waals surface area contributed by atoms with E-state index in [0.717, 1.165) is 11.3 Å². The van der Waals surface area contributed by atoms with E-state index in [1.165, 1.54) is 5.56 Å². The van der Waals surface area contributed by atoms with Gasteiger partial charge in [0, 0.05) is 0 Å². The fourth-order valence-electron chi connectivity index (χ4n) is 2.10. The van der Waals surface area contributed by atoms with E-state index in [4.69, 9.17) is 15.9 Å². The first-order valence-electron chi connectivity index (χ1n) is 7.01. The van der Waals surface area contributed by atoms with Crippen LogP contribution < -0.4 is 10.5 Å². The summed E-state index contributed by atoms with van der Waals surface area (Å²) in [6.07, 6.45) is 0. The second-order valence-electron chi connectivity index (χ2n) is 6.29. The maximum atomic E-state index is 7.68. The first-order chi connectivity index (χ1) is 9.77. The zero-order chi connectivity index (χ0) is 15.6. The summed E-state index contributed by atoms with van der Waals surface area (Å²) in [4.78, 5) is 0. The normalized spacial score (nSPS) is 11.2. The second-order valence-corrected chi connectivity index (χ2v) is 6.29. The Balaban J connectivity index is 2.37. The molecule has 0 heterocycles. The minimum Gasteiger partial charge on any atom is -0.457 e. The Morgan fingerprint density at radius 1 is 1.10 bits per heavy atom. The van der Waals surface area contributed by atoms with Crippen molar-refractivity contribution < 1.29 is 4.74 Å². The van der Waals surface area contributed by atoms with Crippen molar-refractivity contribution in [3.8, 4) is 11.5 Å². The number of aryl methyl sites for hydroxylation is 1. The van der Waals surface area contributed by atoms with Crippen LogP contribution in [0.4, 0.5) is 0 Å². The summed E-state index contributed by atoms with van der Waals surface area (Å²) in [5, 5.41) is 7.68. The smallest absolute Gasteiger partial charge is 0.138 e. The summed E-state index contributed by atoms with van der Waals surface area (Å²) >= 11 is 0. The monoisotopic (exact) mass is 282 g/mol. The second kappa shape index (κ2) is 5.60. The van der Waals surface area contributed by atoms with Crippen LogP contribution in [0.5, 0.6) is 11.5 Å². The van der Waals surface area contributed by atoms with Crippen molar-refractivity contribution in [2.75, 3.05) is 0 Å². The lowest BCUT2D eigenvalue weighted by Crippen LogP contribution is -2.13. The molecular formula is C18H22N2O. The van der Waals surface area contributed by atoms with Crippen LogP contribution in [0.1, 0.15) is 37.5 Å². The highest BCUT2D eigenvalue weighted by Crippen LogP contribution is 2.30. The molecule has 3 heteroatoms. The number of rotatable bonds is 3. The summed E-state index contributed by atoms with van der Waals surface area (Å²) in [7, 11) is 0. The van der Waals surface area contributed by atoms with Gasteiger partial charge in [-0.1, -0.05) is 44.5 Å². The van der Waals surface area contributed by atoms with Crippen LogP contribution in [-0.4, -0.2) is 5.84 Å². The van der Waals surface area contributed by atoms with Gasteiger partial charge in [-0.15, -0.1) is 0 Å². The van der Waals surface area contributed by atoms with E-state index in [1.54, 1.807) is 0 Å². The molecule has 0 aromatic heterocycles. The van der Waals surface area contributed by atoms with Gasteiger partial charge in [0.15, 0.2) is 0 Å². The first kappa shape index (κ1) is 15.1. The summed E-state index contributed by atoms with van der Waals surface area (Å²) in [6, 6.07) is 13.7. The number of nitrogens with one attached hydrogen (secondary N) is 1. The van der Waals surface area contributed by atoms with Crippen molar-refractivity contribution >= 4 is 5.84 Å². The van der Waals surface area contributed by atoms with Crippen molar-refractivity contribution in [3.63, 3.8) is 0 Å². The minimum absolute atomic E-state index is 0.0145. The molecule has 0 fully saturated rings. The molecule has 0 saturated carbocycles. The number of amidine groups is 1. The van der Waals surface area contributed by atoms with Gasteiger partial charge in [-0.2, -0.15) is 0 Å². The Labute approximate surface area is 126 Å². The standard InChI is InChI=1S/C18H22N2O/c1-12-8-9-16(15(10-12)17(19)20)21-14-7-5-6-13(11-14)18(2,3)4/h5-11H,1-4H3,(H3,19,20). The number of nitrogen functional groups attached to an aromatic ring is 1. The fourth-order valence-corrected chi connectivity index (χ4v) is 2.10. The average molecular weight is 282 g/mol. The predicted octanol–water partition coefficient (Wildman–Crippen LogP) is 4.37. The fraction of sp³-hybridized carbons (Fsp3) is 0.278. The third-order valence-electron chi connectivity index (χ3n) is 3.35. The number of ether oxygens (including phenoxy) is 1. The summed E-state index contributed by atoms with van der Waals surface area (Å²) in [5.74, 6) is 1.38. The molecule has 0 aliphatic carbocycles. The zero-order valence-electron chi connectivity index (χ0n) is 13.0. The quantitative estimate of drug-likeness (QED) is 0.648. The molecule has 3 N–H and O–H groups in total. The van der Waals surface area contributed by atoms with Crippen molar-refractivity contribution in [2.45, 2.75) is 33.1 Å². The van der Waals surface area contributed by atoms with E-state index in [9.17, 15) is 0 Å². The molecule has 3 nitrogen and oxygen atoms in total. The molecule has 0 amide bonds. The summed E-state index contributed by atoms with van der Waals surface area (Å²) in [6.45, 7) is 8.47. The van der Waals surface area contributed by atoms with Gasteiger partial charge in [0.05, 0.1) is 5.56 Å². The molecular weight excluding hydrogens is 260 g/mol. The Kier molecular flexibility index (Phi) is 4.03. The molecule has 2 aromatic carbocycles. The lowest BCUT2D eigenvalue weighted by atomic mass is 9.87. The topological polar surface area (TPSA) is 59.1 Å². The van der Waals surface area contributed by atoms with Gasteiger partial charge in [0.1, 0.15) is 17.3 Å². The van der Waals surface area contributed by atoms with E-state index >= 15 is 0 Å². The highest BCUT2D eigenvalue weighted by molar-refractivity contribution is 5.97. The molecule has 0 bridgehead atoms. The Hall–Kier alpha value is -2.29. The number of nitrogens with two attached hydrogens (primary N) is 1. The highest BCUT2D eigenvalue weighted by atomic mass is 16.5. The van der Waals surface area contributed by atoms with Gasteiger partial charge < -0.3 is 10.5 Å². The van der Waals surface area contributed by atoms with Crippen LogP contribution in [-0.2, 0) is 5.41 Å². The molecule has 0 unspecified atom stereocenters. The van der Waals surface area contributed by atoms with Crippen molar-refractivity contribution in [1.82, 2.24) is 0 Å². The SMILES string of the molecule is Cc1ccc(Oc2cccc(C(C)(C)C)c2)c(C(=N)N)c1. The van der Waals surface area contributed by atoms with Crippen LogP contribution in [0.3, 0.4) is 0 Å². The van der Waals surface area contributed by atoms with Crippen LogP contribution in [0.15, 0.2) is 42.5 Å². The molecule has 2 rings (SSSR count). The van der Waals surface area contributed by atoms with E-state index in [1.807, 2.05) is 43.3 Å². The molecule has 0 aliphatic heterocycles. The Morgan fingerprint density at radius 3 is 2.43 bits per heavy atom. The molecule has 0 spiro atoms. The van der Waals surface area contributed by atoms with Gasteiger partial charge >= 0.3 is 0 Å². The van der Waals surface area contributed by atoms with Crippen LogP contribution >= 0.6 is 0 Å². The molecule has 2 aromatic rings. The summed E-state index contributed by atoms with van der Waals surface area (Å²) < 4.78 is 5.94. The molecule has 110 valence electrons. The predicted molar refractivity (Wildman–Crippen MR) is 87.4 cm³/mol. The van der Waals surface area contributed by atoms with E-state index < -0.39 is 0 Å². The average Bonchev–Trinajstić information content (AvgIpc) is 2.40. The molecule has 0 saturated heterocycles. The van der Waals surface area contributed by atoms with Crippen LogP contribution in [0, 0.1) is 12.3 Å². The minimum atomic E-state index is 0.0145.